The van der Waals surface area contributed by atoms with Gasteiger partial charge in [0.2, 0.25) is 0 Å². The highest BCUT2D eigenvalue weighted by Crippen LogP contribution is 2.32. The van der Waals surface area contributed by atoms with Gasteiger partial charge in [0.15, 0.2) is 0 Å². The molecule has 3 aromatic rings. The number of hydrogen-bond donors (Lipinski definition) is 1. The van der Waals surface area contributed by atoms with Crippen LogP contribution in [0.5, 0.6) is 0 Å². The smallest absolute Gasteiger partial charge is 0.318 e. The Bertz CT molecular complexity index is 928. The lowest BCUT2D eigenvalue weighted by Gasteiger charge is -2.27. The average molecular weight is 331 g/mol. The fourth-order valence-corrected chi connectivity index (χ4v) is 3.48. The highest BCUT2D eigenvalue weighted by Gasteiger charge is 2.28. The highest BCUT2D eigenvalue weighted by molar-refractivity contribution is 5.89. The van der Waals surface area contributed by atoms with Crippen molar-refractivity contribution >= 4 is 11.7 Å². The number of nitrogens with one attached hydrogen (secondary N) is 1. The van der Waals surface area contributed by atoms with Gasteiger partial charge in [-0.05, 0) is 55.3 Å². The summed E-state index contributed by atoms with van der Waals surface area (Å²) >= 11 is 0. The number of urea groups is 1. The minimum atomic E-state index is -0.0810. The van der Waals surface area contributed by atoms with Crippen LogP contribution in [-0.4, -0.2) is 15.5 Å². The van der Waals surface area contributed by atoms with Gasteiger partial charge in [0.25, 0.3) is 0 Å². The van der Waals surface area contributed by atoms with E-state index in [2.05, 4.69) is 41.2 Å². The molecule has 1 N–H and O–H groups in total. The SMILES string of the molecule is Cc1cccc(NC(=O)N2Cc3ccccc3-n3cccc3[C@@H]2C)c1. The van der Waals surface area contributed by atoms with Gasteiger partial charge >= 0.3 is 6.03 Å². The van der Waals surface area contributed by atoms with Crippen molar-refractivity contribution in [3.05, 3.63) is 83.7 Å². The molecule has 0 unspecified atom stereocenters. The number of amides is 2. The van der Waals surface area contributed by atoms with E-state index in [1.165, 1.54) is 0 Å². The summed E-state index contributed by atoms with van der Waals surface area (Å²) in [6.45, 7) is 4.68. The van der Waals surface area contributed by atoms with Gasteiger partial charge in [-0.15, -0.1) is 0 Å². The summed E-state index contributed by atoms with van der Waals surface area (Å²) in [6.07, 6.45) is 2.06. The van der Waals surface area contributed by atoms with Crippen molar-refractivity contribution in [2.75, 3.05) is 5.32 Å². The standard InChI is InChI=1S/C21H21N3O/c1-15-7-5-9-18(13-15)22-21(25)24-14-17-8-3-4-10-20(17)23-12-6-11-19(23)16(24)2/h3-13,16H,14H2,1-2H3,(H,22,25)/t16-/m0/s1. The molecule has 2 amide bonds. The van der Waals surface area contributed by atoms with E-state index in [4.69, 9.17) is 0 Å². The molecule has 0 aliphatic carbocycles. The molecule has 4 heteroatoms. The van der Waals surface area contributed by atoms with Crippen LogP contribution in [0.1, 0.15) is 29.8 Å². The van der Waals surface area contributed by atoms with Crippen molar-refractivity contribution in [1.29, 1.82) is 0 Å². The minimum absolute atomic E-state index is 0.0211. The monoisotopic (exact) mass is 331 g/mol. The molecule has 126 valence electrons. The zero-order valence-corrected chi connectivity index (χ0v) is 14.4. The van der Waals surface area contributed by atoms with Gasteiger partial charge in [0.05, 0.1) is 18.3 Å². The number of carbonyl (C=O) groups excluding carboxylic acids is 1. The predicted molar refractivity (Wildman–Crippen MR) is 99.9 cm³/mol. The summed E-state index contributed by atoms with van der Waals surface area (Å²) in [6, 6.07) is 20.1. The number of carbonyl (C=O) groups is 1. The molecular weight excluding hydrogens is 310 g/mol. The number of benzene rings is 2. The van der Waals surface area contributed by atoms with Crippen molar-refractivity contribution < 1.29 is 4.79 Å². The Labute approximate surface area is 147 Å². The molecule has 4 rings (SSSR count). The van der Waals surface area contributed by atoms with E-state index in [9.17, 15) is 4.79 Å². The summed E-state index contributed by atoms with van der Waals surface area (Å²) in [5.41, 5.74) is 5.35. The second-order valence-electron chi connectivity index (χ2n) is 6.54. The quantitative estimate of drug-likeness (QED) is 0.677. The molecule has 2 aromatic carbocycles. The molecular formula is C21H21N3O. The number of rotatable bonds is 1. The van der Waals surface area contributed by atoms with Gasteiger partial charge in [-0.3, -0.25) is 0 Å². The number of aryl methyl sites for hydroxylation is 1. The van der Waals surface area contributed by atoms with Crippen LogP contribution in [0, 0.1) is 6.92 Å². The number of anilines is 1. The van der Waals surface area contributed by atoms with E-state index < -0.39 is 0 Å². The second kappa shape index (κ2) is 6.13. The van der Waals surface area contributed by atoms with E-state index in [0.29, 0.717) is 6.54 Å². The molecule has 0 bridgehead atoms. The van der Waals surface area contributed by atoms with Crippen molar-refractivity contribution in [2.24, 2.45) is 0 Å². The summed E-state index contributed by atoms with van der Waals surface area (Å²) in [7, 11) is 0. The van der Waals surface area contributed by atoms with Crippen LogP contribution < -0.4 is 5.32 Å². The summed E-state index contributed by atoms with van der Waals surface area (Å²) < 4.78 is 2.18. The Morgan fingerprint density at radius 2 is 1.92 bits per heavy atom. The van der Waals surface area contributed by atoms with Gasteiger partial charge in [0.1, 0.15) is 0 Å². The predicted octanol–water partition coefficient (Wildman–Crippen LogP) is 4.89. The Morgan fingerprint density at radius 3 is 2.76 bits per heavy atom. The number of aromatic nitrogens is 1. The molecule has 0 saturated heterocycles. The largest absolute Gasteiger partial charge is 0.322 e. The number of nitrogens with zero attached hydrogens (tertiary/aromatic N) is 2. The fraction of sp³-hybridized carbons (Fsp3) is 0.190. The second-order valence-corrected chi connectivity index (χ2v) is 6.54. The molecule has 1 aliphatic heterocycles. The fourth-order valence-electron chi connectivity index (χ4n) is 3.48. The van der Waals surface area contributed by atoms with E-state index in [1.807, 2.05) is 54.3 Å². The van der Waals surface area contributed by atoms with Crippen LogP contribution in [0.3, 0.4) is 0 Å². The molecule has 0 saturated carbocycles. The van der Waals surface area contributed by atoms with Crippen molar-refractivity contribution in [3.63, 3.8) is 0 Å². The maximum Gasteiger partial charge on any atom is 0.322 e. The minimum Gasteiger partial charge on any atom is -0.318 e. The lowest BCUT2D eigenvalue weighted by Crippen LogP contribution is -2.36. The third kappa shape index (κ3) is 2.80. The molecule has 0 radical (unpaired) electrons. The zero-order chi connectivity index (χ0) is 17.4. The molecule has 25 heavy (non-hydrogen) atoms. The van der Waals surface area contributed by atoms with Crippen LogP contribution in [0.4, 0.5) is 10.5 Å². The van der Waals surface area contributed by atoms with E-state index in [1.54, 1.807) is 0 Å². The summed E-state index contributed by atoms with van der Waals surface area (Å²) in [5.74, 6) is 0. The Hall–Kier alpha value is -3.01. The average Bonchev–Trinajstić information content (AvgIpc) is 3.05. The Morgan fingerprint density at radius 1 is 1.08 bits per heavy atom. The van der Waals surface area contributed by atoms with Gasteiger partial charge in [-0.1, -0.05) is 30.3 Å². The van der Waals surface area contributed by atoms with Crippen LogP contribution >= 0.6 is 0 Å². The maximum atomic E-state index is 13.0. The van der Waals surface area contributed by atoms with Crippen LogP contribution in [-0.2, 0) is 6.54 Å². The first-order valence-electron chi connectivity index (χ1n) is 8.53. The summed E-state index contributed by atoms with van der Waals surface area (Å²) in [5, 5.41) is 3.04. The number of fused-ring (bicyclic) bond motifs is 3. The molecule has 1 aromatic heterocycles. The lowest BCUT2D eigenvalue weighted by molar-refractivity contribution is 0.189. The Balaban J connectivity index is 1.70. The molecule has 2 heterocycles. The summed E-state index contributed by atoms with van der Waals surface area (Å²) in [4.78, 5) is 14.9. The number of para-hydroxylation sites is 1. The maximum absolute atomic E-state index is 13.0. The van der Waals surface area contributed by atoms with Crippen molar-refractivity contribution in [3.8, 4) is 5.69 Å². The number of hydrogen-bond acceptors (Lipinski definition) is 1. The van der Waals surface area contributed by atoms with Crippen molar-refractivity contribution in [1.82, 2.24) is 9.47 Å². The van der Waals surface area contributed by atoms with Gasteiger partial charge in [-0.25, -0.2) is 4.79 Å². The van der Waals surface area contributed by atoms with E-state index in [0.717, 1.165) is 28.2 Å². The first-order valence-corrected chi connectivity index (χ1v) is 8.53. The van der Waals surface area contributed by atoms with Gasteiger partial charge < -0.3 is 14.8 Å². The zero-order valence-electron chi connectivity index (χ0n) is 14.4. The van der Waals surface area contributed by atoms with Crippen LogP contribution in [0.2, 0.25) is 0 Å². The van der Waals surface area contributed by atoms with E-state index in [-0.39, 0.29) is 12.1 Å². The normalized spacial score (nSPS) is 15.9. The topological polar surface area (TPSA) is 37.3 Å². The highest BCUT2D eigenvalue weighted by atomic mass is 16.2. The molecule has 1 atom stereocenters. The third-order valence-electron chi connectivity index (χ3n) is 4.80. The molecule has 1 aliphatic rings. The van der Waals surface area contributed by atoms with Crippen LogP contribution in [0.25, 0.3) is 5.69 Å². The van der Waals surface area contributed by atoms with Crippen molar-refractivity contribution in [2.45, 2.75) is 26.4 Å². The van der Waals surface area contributed by atoms with Gasteiger partial charge in [0, 0.05) is 17.6 Å². The first kappa shape index (κ1) is 15.5. The van der Waals surface area contributed by atoms with Gasteiger partial charge in [-0.2, -0.15) is 0 Å². The lowest BCUT2D eigenvalue weighted by atomic mass is 10.1. The van der Waals surface area contributed by atoms with E-state index >= 15 is 0 Å². The molecule has 4 nitrogen and oxygen atoms in total. The molecule has 0 fully saturated rings. The van der Waals surface area contributed by atoms with Crippen LogP contribution in [0.15, 0.2) is 66.9 Å². The molecule has 0 spiro atoms. The third-order valence-corrected chi connectivity index (χ3v) is 4.80. The first-order chi connectivity index (χ1) is 12.1. The Kier molecular flexibility index (Phi) is 3.80.